The first-order chi connectivity index (χ1) is 9.75. The lowest BCUT2D eigenvalue weighted by Gasteiger charge is -2.28. The SMILES string of the molecule is C[C@H]1CCCC[C@@H]1OCCNC(=O)Nc1cccnc1. The Balaban J connectivity index is 1.60. The highest BCUT2D eigenvalue weighted by molar-refractivity contribution is 5.88. The number of hydrogen-bond acceptors (Lipinski definition) is 3. The largest absolute Gasteiger partial charge is 0.376 e. The van der Waals surface area contributed by atoms with Crippen LogP contribution in [-0.4, -0.2) is 30.3 Å². The lowest BCUT2D eigenvalue weighted by Crippen LogP contribution is -2.34. The van der Waals surface area contributed by atoms with Crippen LogP contribution in [0.4, 0.5) is 10.5 Å². The average Bonchev–Trinajstić information content (AvgIpc) is 2.46. The summed E-state index contributed by atoms with van der Waals surface area (Å²) >= 11 is 0. The molecule has 0 bridgehead atoms. The normalized spacial score (nSPS) is 22.2. The molecule has 0 aliphatic heterocycles. The van der Waals surface area contributed by atoms with Gasteiger partial charge in [-0.15, -0.1) is 0 Å². The van der Waals surface area contributed by atoms with E-state index >= 15 is 0 Å². The lowest BCUT2D eigenvalue weighted by molar-refractivity contribution is -0.00232. The number of rotatable bonds is 5. The molecule has 2 rings (SSSR count). The quantitative estimate of drug-likeness (QED) is 0.813. The van der Waals surface area contributed by atoms with E-state index in [1.807, 2.05) is 0 Å². The Morgan fingerprint density at radius 3 is 3.05 bits per heavy atom. The summed E-state index contributed by atoms with van der Waals surface area (Å²) in [6.45, 7) is 3.33. The molecule has 1 saturated carbocycles. The molecule has 0 aromatic carbocycles. The number of carbonyl (C=O) groups excluding carboxylic acids is 1. The van der Waals surface area contributed by atoms with Gasteiger partial charge in [0.15, 0.2) is 0 Å². The minimum absolute atomic E-state index is 0.224. The fourth-order valence-corrected chi connectivity index (χ4v) is 2.52. The van der Waals surface area contributed by atoms with Gasteiger partial charge in [0, 0.05) is 12.7 Å². The van der Waals surface area contributed by atoms with E-state index < -0.39 is 0 Å². The minimum Gasteiger partial charge on any atom is -0.376 e. The second-order valence-corrected chi connectivity index (χ2v) is 5.29. The maximum Gasteiger partial charge on any atom is 0.319 e. The van der Waals surface area contributed by atoms with Gasteiger partial charge < -0.3 is 15.4 Å². The number of urea groups is 1. The summed E-state index contributed by atoms with van der Waals surface area (Å²) in [7, 11) is 0. The maximum atomic E-state index is 11.6. The summed E-state index contributed by atoms with van der Waals surface area (Å²) in [5, 5.41) is 5.50. The van der Waals surface area contributed by atoms with Crippen molar-refractivity contribution in [3.8, 4) is 0 Å². The fraction of sp³-hybridized carbons (Fsp3) is 0.600. The van der Waals surface area contributed by atoms with Crippen LogP contribution in [0.15, 0.2) is 24.5 Å². The zero-order valence-corrected chi connectivity index (χ0v) is 12.0. The second kappa shape index (κ2) is 7.85. The summed E-state index contributed by atoms with van der Waals surface area (Å²) in [6.07, 6.45) is 8.59. The number of hydrogen-bond donors (Lipinski definition) is 2. The predicted molar refractivity (Wildman–Crippen MR) is 78.6 cm³/mol. The molecule has 1 aliphatic rings. The van der Waals surface area contributed by atoms with Crippen LogP contribution in [0, 0.1) is 5.92 Å². The zero-order chi connectivity index (χ0) is 14.2. The van der Waals surface area contributed by atoms with Crippen molar-refractivity contribution < 1.29 is 9.53 Å². The van der Waals surface area contributed by atoms with Crippen LogP contribution in [0.3, 0.4) is 0 Å². The van der Waals surface area contributed by atoms with Crippen LogP contribution < -0.4 is 10.6 Å². The molecule has 0 radical (unpaired) electrons. The third-order valence-electron chi connectivity index (χ3n) is 3.67. The number of nitrogens with one attached hydrogen (secondary N) is 2. The molecule has 2 amide bonds. The Morgan fingerprint density at radius 2 is 2.30 bits per heavy atom. The molecular formula is C15H23N3O2. The third kappa shape index (κ3) is 4.81. The number of pyridine rings is 1. The first-order valence-electron chi connectivity index (χ1n) is 7.32. The minimum atomic E-state index is -0.224. The molecular weight excluding hydrogens is 254 g/mol. The highest BCUT2D eigenvalue weighted by atomic mass is 16.5. The topological polar surface area (TPSA) is 63.2 Å². The van der Waals surface area contributed by atoms with Crippen LogP contribution in [0.5, 0.6) is 0 Å². The summed E-state index contributed by atoms with van der Waals surface area (Å²) in [5.41, 5.74) is 0.687. The third-order valence-corrected chi connectivity index (χ3v) is 3.67. The standard InChI is InChI=1S/C15H23N3O2/c1-12-5-2-3-7-14(12)20-10-9-17-15(19)18-13-6-4-8-16-11-13/h4,6,8,11-12,14H,2-3,5,7,9-10H2,1H3,(H2,17,18,19)/t12-,14-/m0/s1. The summed E-state index contributed by atoms with van der Waals surface area (Å²) in [6, 6.07) is 3.36. The van der Waals surface area contributed by atoms with E-state index in [-0.39, 0.29) is 6.03 Å². The summed E-state index contributed by atoms with van der Waals surface area (Å²) in [5.74, 6) is 0.632. The van der Waals surface area contributed by atoms with Gasteiger partial charge in [-0.25, -0.2) is 4.79 Å². The van der Waals surface area contributed by atoms with Gasteiger partial charge in [0.2, 0.25) is 0 Å². The number of ether oxygens (including phenoxy) is 1. The van der Waals surface area contributed by atoms with Crippen molar-refractivity contribution in [2.45, 2.75) is 38.7 Å². The Kier molecular flexibility index (Phi) is 5.80. The molecule has 2 atom stereocenters. The van der Waals surface area contributed by atoms with Crippen LogP contribution >= 0.6 is 0 Å². The van der Waals surface area contributed by atoms with Crippen LogP contribution in [0.2, 0.25) is 0 Å². The Hall–Kier alpha value is -1.62. The molecule has 5 nitrogen and oxygen atoms in total. The van der Waals surface area contributed by atoms with Gasteiger partial charge in [-0.1, -0.05) is 19.8 Å². The number of aromatic nitrogens is 1. The molecule has 20 heavy (non-hydrogen) atoms. The van der Waals surface area contributed by atoms with Gasteiger partial charge in [-0.2, -0.15) is 0 Å². The molecule has 1 aromatic rings. The van der Waals surface area contributed by atoms with E-state index in [4.69, 9.17) is 4.74 Å². The lowest BCUT2D eigenvalue weighted by atomic mass is 9.88. The second-order valence-electron chi connectivity index (χ2n) is 5.29. The highest BCUT2D eigenvalue weighted by Gasteiger charge is 2.21. The van der Waals surface area contributed by atoms with Crippen molar-refractivity contribution >= 4 is 11.7 Å². The van der Waals surface area contributed by atoms with Crippen molar-refractivity contribution in [1.82, 2.24) is 10.3 Å². The monoisotopic (exact) mass is 277 g/mol. The molecule has 5 heteroatoms. The predicted octanol–water partition coefficient (Wildman–Crippen LogP) is 2.80. The summed E-state index contributed by atoms with van der Waals surface area (Å²) in [4.78, 5) is 15.6. The number of amides is 2. The van der Waals surface area contributed by atoms with Crippen molar-refractivity contribution in [1.29, 1.82) is 0 Å². The van der Waals surface area contributed by atoms with Gasteiger partial charge in [0.25, 0.3) is 0 Å². The van der Waals surface area contributed by atoms with Crippen molar-refractivity contribution in [2.24, 2.45) is 5.92 Å². The smallest absolute Gasteiger partial charge is 0.319 e. The molecule has 0 spiro atoms. The van der Waals surface area contributed by atoms with Gasteiger partial charge in [-0.05, 0) is 30.9 Å². The van der Waals surface area contributed by atoms with Crippen LogP contribution in [0.1, 0.15) is 32.6 Å². The van der Waals surface area contributed by atoms with E-state index in [0.29, 0.717) is 30.9 Å². The molecule has 0 saturated heterocycles. The molecule has 1 aromatic heterocycles. The first kappa shape index (κ1) is 14.8. The molecule has 1 heterocycles. The number of anilines is 1. The molecule has 0 unspecified atom stereocenters. The molecule has 110 valence electrons. The molecule has 1 fully saturated rings. The Labute approximate surface area is 120 Å². The van der Waals surface area contributed by atoms with Gasteiger partial charge in [0.05, 0.1) is 24.6 Å². The fourth-order valence-electron chi connectivity index (χ4n) is 2.52. The first-order valence-corrected chi connectivity index (χ1v) is 7.32. The van der Waals surface area contributed by atoms with Crippen molar-refractivity contribution in [3.63, 3.8) is 0 Å². The molecule has 1 aliphatic carbocycles. The number of carbonyl (C=O) groups is 1. The van der Waals surface area contributed by atoms with Crippen molar-refractivity contribution in [2.75, 3.05) is 18.5 Å². The van der Waals surface area contributed by atoms with E-state index in [0.717, 1.165) is 6.42 Å². The average molecular weight is 277 g/mol. The highest BCUT2D eigenvalue weighted by Crippen LogP contribution is 2.25. The van der Waals surface area contributed by atoms with E-state index in [1.54, 1.807) is 24.5 Å². The van der Waals surface area contributed by atoms with Gasteiger partial charge in [0.1, 0.15) is 0 Å². The Bertz CT molecular complexity index is 411. The van der Waals surface area contributed by atoms with Gasteiger partial charge >= 0.3 is 6.03 Å². The van der Waals surface area contributed by atoms with Crippen LogP contribution in [0.25, 0.3) is 0 Å². The van der Waals surface area contributed by atoms with Crippen molar-refractivity contribution in [3.05, 3.63) is 24.5 Å². The molecule has 2 N–H and O–H groups in total. The van der Waals surface area contributed by atoms with E-state index in [2.05, 4.69) is 22.5 Å². The number of nitrogens with zero attached hydrogens (tertiary/aromatic N) is 1. The summed E-state index contributed by atoms with van der Waals surface area (Å²) < 4.78 is 5.84. The van der Waals surface area contributed by atoms with Gasteiger partial charge in [-0.3, -0.25) is 4.98 Å². The Morgan fingerprint density at radius 1 is 1.45 bits per heavy atom. The van der Waals surface area contributed by atoms with E-state index in [1.165, 1.54) is 19.3 Å². The zero-order valence-electron chi connectivity index (χ0n) is 12.0. The van der Waals surface area contributed by atoms with E-state index in [9.17, 15) is 4.79 Å². The van der Waals surface area contributed by atoms with Crippen LogP contribution in [-0.2, 0) is 4.74 Å². The maximum absolute atomic E-state index is 11.6.